The maximum absolute atomic E-state index is 13.8. The number of Topliss-reactive ketones (excluding diaryl/α,β-unsaturated/α-hetero) is 1. The third-order valence-electron chi connectivity index (χ3n) is 5.55. The average Bonchev–Trinajstić information content (AvgIpc) is 2.66. The van der Waals surface area contributed by atoms with Gasteiger partial charge in [0, 0.05) is 29.6 Å². The molecule has 0 bridgehead atoms. The second kappa shape index (κ2) is 9.59. The smallest absolute Gasteiger partial charge is 0.336 e. The van der Waals surface area contributed by atoms with Crippen molar-refractivity contribution in [3.05, 3.63) is 45.9 Å². The van der Waals surface area contributed by atoms with Crippen LogP contribution >= 0.6 is 11.6 Å². The SMILES string of the molecule is CCOC(=O)C1=C(COCCN)N=C2CC(C)(C)CC(=O)C2C1c1ccc(F)cc1Cl. The zero-order valence-corrected chi connectivity index (χ0v) is 18.8. The van der Waals surface area contributed by atoms with E-state index in [1.165, 1.54) is 18.2 Å². The van der Waals surface area contributed by atoms with Crippen molar-refractivity contribution < 1.29 is 23.5 Å². The average molecular weight is 451 g/mol. The first-order valence-corrected chi connectivity index (χ1v) is 10.8. The fraction of sp³-hybridized carbons (Fsp3) is 0.522. The van der Waals surface area contributed by atoms with Crippen molar-refractivity contribution in [1.29, 1.82) is 0 Å². The summed E-state index contributed by atoms with van der Waals surface area (Å²) in [5, 5.41) is 0.146. The Balaban J connectivity index is 2.21. The van der Waals surface area contributed by atoms with Crippen molar-refractivity contribution in [3.63, 3.8) is 0 Å². The number of ketones is 1. The van der Waals surface area contributed by atoms with Crippen LogP contribution in [0.2, 0.25) is 5.02 Å². The minimum absolute atomic E-state index is 0.0240. The molecule has 0 aromatic heterocycles. The number of hydrogen-bond acceptors (Lipinski definition) is 6. The van der Waals surface area contributed by atoms with Gasteiger partial charge < -0.3 is 15.2 Å². The molecule has 2 unspecified atom stereocenters. The van der Waals surface area contributed by atoms with Crippen LogP contribution in [0.3, 0.4) is 0 Å². The Morgan fingerprint density at radius 1 is 1.32 bits per heavy atom. The van der Waals surface area contributed by atoms with Crippen molar-refractivity contribution >= 4 is 29.1 Å². The third-order valence-corrected chi connectivity index (χ3v) is 5.87. The molecule has 2 N–H and O–H groups in total. The van der Waals surface area contributed by atoms with Crippen molar-refractivity contribution in [2.75, 3.05) is 26.4 Å². The molecule has 1 aliphatic carbocycles. The molecule has 1 aliphatic heterocycles. The van der Waals surface area contributed by atoms with Crippen molar-refractivity contribution in [2.24, 2.45) is 22.1 Å². The van der Waals surface area contributed by atoms with Crippen molar-refractivity contribution in [2.45, 2.75) is 39.5 Å². The van der Waals surface area contributed by atoms with Crippen LogP contribution in [-0.4, -0.2) is 43.8 Å². The zero-order chi connectivity index (χ0) is 22.8. The predicted molar refractivity (Wildman–Crippen MR) is 117 cm³/mol. The standard InChI is InChI=1S/C23H28ClFN2O4/c1-4-31-22(29)21-17(12-30-8-7-26)27-16-10-23(2,3)11-18(28)20(16)19(21)14-6-5-13(25)9-15(14)24/h5-6,9,19-20H,4,7-8,10-12,26H2,1-3H3. The lowest BCUT2D eigenvalue weighted by Gasteiger charge is -2.41. The van der Waals surface area contributed by atoms with Gasteiger partial charge in [-0.25, -0.2) is 9.18 Å². The molecule has 2 aliphatic rings. The van der Waals surface area contributed by atoms with Crippen LogP contribution < -0.4 is 5.73 Å². The van der Waals surface area contributed by atoms with Crippen molar-refractivity contribution in [3.8, 4) is 0 Å². The van der Waals surface area contributed by atoms with E-state index in [1.54, 1.807) is 6.92 Å². The van der Waals surface area contributed by atoms with E-state index in [2.05, 4.69) is 0 Å². The number of ether oxygens (including phenoxy) is 2. The summed E-state index contributed by atoms with van der Waals surface area (Å²) < 4.78 is 24.7. The number of esters is 1. The number of rotatable bonds is 7. The summed E-state index contributed by atoms with van der Waals surface area (Å²) in [6, 6.07) is 3.99. The Labute approximate surface area is 186 Å². The van der Waals surface area contributed by atoms with E-state index in [-0.39, 0.29) is 35.0 Å². The quantitative estimate of drug-likeness (QED) is 0.503. The minimum atomic E-state index is -0.722. The topological polar surface area (TPSA) is 91.0 Å². The second-order valence-electron chi connectivity index (χ2n) is 8.63. The molecule has 6 nitrogen and oxygen atoms in total. The van der Waals surface area contributed by atoms with E-state index in [0.29, 0.717) is 43.0 Å². The highest BCUT2D eigenvalue weighted by atomic mass is 35.5. The maximum atomic E-state index is 13.8. The van der Waals surface area contributed by atoms with Gasteiger partial charge in [-0.1, -0.05) is 31.5 Å². The molecule has 2 atom stereocenters. The van der Waals surface area contributed by atoms with E-state index in [1.807, 2.05) is 13.8 Å². The molecule has 0 saturated heterocycles. The summed E-state index contributed by atoms with van der Waals surface area (Å²) in [5.74, 6) is -2.49. The number of carbonyl (C=O) groups is 2. The lowest BCUT2D eigenvalue weighted by atomic mass is 9.63. The number of carbonyl (C=O) groups excluding carboxylic acids is 2. The van der Waals surface area contributed by atoms with Gasteiger partial charge in [-0.3, -0.25) is 9.79 Å². The number of hydrogen-bond donors (Lipinski definition) is 1. The summed E-state index contributed by atoms with van der Waals surface area (Å²) in [4.78, 5) is 31.1. The number of nitrogens with zero attached hydrogens (tertiary/aromatic N) is 1. The molecule has 168 valence electrons. The lowest BCUT2D eigenvalue weighted by Crippen LogP contribution is -2.44. The second-order valence-corrected chi connectivity index (χ2v) is 9.04. The van der Waals surface area contributed by atoms with Crippen LogP contribution in [0.25, 0.3) is 0 Å². The third kappa shape index (κ3) is 5.05. The minimum Gasteiger partial charge on any atom is -0.463 e. The highest BCUT2D eigenvalue weighted by Gasteiger charge is 2.48. The first-order chi connectivity index (χ1) is 14.7. The molecule has 8 heteroatoms. The first-order valence-electron chi connectivity index (χ1n) is 10.4. The fourth-order valence-electron chi connectivity index (χ4n) is 4.40. The maximum Gasteiger partial charge on any atom is 0.336 e. The molecular weight excluding hydrogens is 423 g/mol. The van der Waals surface area contributed by atoms with Gasteiger partial charge in [-0.2, -0.15) is 0 Å². The van der Waals surface area contributed by atoms with E-state index in [9.17, 15) is 14.0 Å². The number of nitrogens with two attached hydrogens (primary N) is 1. The largest absolute Gasteiger partial charge is 0.463 e. The van der Waals surface area contributed by atoms with Crippen LogP contribution in [0.5, 0.6) is 0 Å². The van der Waals surface area contributed by atoms with E-state index in [0.717, 1.165) is 0 Å². The summed E-state index contributed by atoms with van der Waals surface area (Å²) in [6.07, 6.45) is 0.941. The Bertz CT molecular complexity index is 942. The molecule has 3 rings (SSSR count). The molecule has 1 saturated carbocycles. The fourth-order valence-corrected chi connectivity index (χ4v) is 4.69. The lowest BCUT2D eigenvalue weighted by molar-refractivity contribution is -0.139. The molecule has 0 radical (unpaired) electrons. The van der Waals surface area contributed by atoms with E-state index in [4.69, 9.17) is 31.8 Å². The van der Waals surface area contributed by atoms with Crippen molar-refractivity contribution in [1.82, 2.24) is 0 Å². The molecule has 1 fully saturated rings. The zero-order valence-electron chi connectivity index (χ0n) is 18.0. The molecule has 1 heterocycles. The summed E-state index contributed by atoms with van der Waals surface area (Å²) >= 11 is 6.41. The van der Waals surface area contributed by atoms with Crippen LogP contribution in [0, 0.1) is 17.2 Å². The van der Waals surface area contributed by atoms with Gasteiger partial charge in [0.1, 0.15) is 11.6 Å². The molecule has 0 amide bonds. The summed E-state index contributed by atoms with van der Waals surface area (Å²) in [5.41, 5.74) is 7.08. The number of fused-ring (bicyclic) bond motifs is 1. The van der Waals surface area contributed by atoms with Gasteiger partial charge in [-0.05, 0) is 36.5 Å². The number of benzene rings is 1. The monoisotopic (exact) mass is 450 g/mol. The van der Waals surface area contributed by atoms with Crippen LogP contribution in [0.4, 0.5) is 4.39 Å². The van der Waals surface area contributed by atoms with Gasteiger partial charge in [0.05, 0.1) is 37.0 Å². The van der Waals surface area contributed by atoms with Gasteiger partial charge in [0.2, 0.25) is 0 Å². The Morgan fingerprint density at radius 3 is 2.71 bits per heavy atom. The highest BCUT2D eigenvalue weighted by molar-refractivity contribution is 6.31. The normalized spacial score (nSPS) is 22.8. The molecule has 0 spiro atoms. The highest BCUT2D eigenvalue weighted by Crippen LogP contribution is 2.48. The molecular formula is C23H28ClFN2O4. The first kappa shape index (κ1) is 23.6. The molecule has 1 aromatic carbocycles. The number of halogens is 2. The van der Waals surface area contributed by atoms with Crippen LogP contribution in [0.15, 0.2) is 34.5 Å². The van der Waals surface area contributed by atoms with Crippen LogP contribution in [0.1, 0.15) is 45.1 Å². The van der Waals surface area contributed by atoms with Gasteiger partial charge in [-0.15, -0.1) is 0 Å². The van der Waals surface area contributed by atoms with Gasteiger partial charge in [0.15, 0.2) is 0 Å². The number of aliphatic imine (C=N–C) groups is 1. The Kier molecular flexibility index (Phi) is 7.29. The van der Waals surface area contributed by atoms with Gasteiger partial charge >= 0.3 is 5.97 Å². The van der Waals surface area contributed by atoms with Crippen LogP contribution in [-0.2, 0) is 19.1 Å². The Hall–Kier alpha value is -2.09. The van der Waals surface area contributed by atoms with Gasteiger partial charge in [0.25, 0.3) is 0 Å². The Morgan fingerprint density at radius 2 is 2.06 bits per heavy atom. The molecule has 1 aromatic rings. The van der Waals surface area contributed by atoms with E-state index < -0.39 is 23.6 Å². The summed E-state index contributed by atoms with van der Waals surface area (Å²) in [7, 11) is 0. The predicted octanol–water partition coefficient (Wildman–Crippen LogP) is 3.82. The van der Waals surface area contributed by atoms with E-state index >= 15 is 0 Å². The molecule has 31 heavy (non-hydrogen) atoms. The summed E-state index contributed by atoms with van der Waals surface area (Å²) in [6.45, 7) is 6.54.